The zero-order valence-corrected chi connectivity index (χ0v) is 38.2. The Hall–Kier alpha value is -7.57. The number of amides is 4. The van der Waals surface area contributed by atoms with Crippen molar-refractivity contribution in [2.75, 3.05) is 41.2 Å². The average molecular weight is 956 g/mol. The van der Waals surface area contributed by atoms with E-state index in [-0.39, 0.29) is 44.4 Å². The first kappa shape index (κ1) is 53.0. The maximum atomic E-state index is 15.4. The molecular formula is C44H57N7O17. The Bertz CT molecular complexity index is 2550. The van der Waals surface area contributed by atoms with Crippen LogP contribution in [0.2, 0.25) is 0 Å². The van der Waals surface area contributed by atoms with Gasteiger partial charge >= 0.3 is 24.4 Å². The first-order chi connectivity index (χ1) is 32.2. The lowest BCUT2D eigenvalue weighted by Gasteiger charge is -2.66. The summed E-state index contributed by atoms with van der Waals surface area (Å²) in [5.74, 6) is -3.70. The van der Waals surface area contributed by atoms with Gasteiger partial charge in [0.1, 0.15) is 22.3 Å². The minimum atomic E-state index is -3.43. The van der Waals surface area contributed by atoms with Crippen molar-refractivity contribution in [3.63, 3.8) is 0 Å². The number of benzene rings is 1. The van der Waals surface area contributed by atoms with Crippen molar-refractivity contribution in [3.05, 3.63) is 120 Å². The quantitative estimate of drug-likeness (QED) is 0.0478. The predicted molar refractivity (Wildman–Crippen MR) is 240 cm³/mol. The number of hydrogen-bond acceptors (Lipinski definition) is 13. The number of nitrogens with one attached hydrogen (secondary N) is 3. The van der Waals surface area contributed by atoms with E-state index in [0.717, 1.165) is 50.5 Å². The Morgan fingerprint density at radius 1 is 0.544 bits per heavy atom. The van der Waals surface area contributed by atoms with Crippen LogP contribution in [-0.2, 0) is 56.1 Å². The minimum absolute atomic E-state index is 0.217. The van der Waals surface area contributed by atoms with Crippen molar-refractivity contribution >= 4 is 24.4 Å². The predicted octanol–water partition coefficient (Wildman–Crippen LogP) is 3.08. The molecule has 3 atom stereocenters. The number of methoxy groups -OCH3 is 3. The topological polar surface area (TPSA) is 343 Å². The van der Waals surface area contributed by atoms with Crippen LogP contribution in [0.1, 0.15) is 62.7 Å². The second-order valence-electron chi connectivity index (χ2n) is 15.4. The summed E-state index contributed by atoms with van der Waals surface area (Å²) in [5.41, 5.74) is -19.1. The number of aromatic hydroxyl groups is 3. The second kappa shape index (κ2) is 21.8. The summed E-state index contributed by atoms with van der Waals surface area (Å²) >= 11 is 0. The van der Waals surface area contributed by atoms with Gasteiger partial charge in [-0.25, -0.2) is 19.2 Å². The van der Waals surface area contributed by atoms with E-state index >= 15 is 4.79 Å². The number of pyridine rings is 3. The van der Waals surface area contributed by atoms with E-state index in [1.54, 1.807) is 0 Å². The van der Waals surface area contributed by atoms with Crippen molar-refractivity contribution in [1.82, 2.24) is 34.6 Å². The van der Waals surface area contributed by atoms with Gasteiger partial charge < -0.3 is 74.3 Å². The summed E-state index contributed by atoms with van der Waals surface area (Å²) in [5, 5.41) is 89.7. The standard InChI is InChI=1S/C44H57N7O17/c1-7-41(45-37(58)59,34-31(55)28(52)15-18-48(34)21-24-66-4)44(27-13-11-10-12-14-27,42(8-2,46-38(60)61)35-32(56)29(53)16-19-49(35)22-25-67-5)51(40(64)65)43(9-3,47-39(62)63)36-33(57)30(54)17-20-50(36)23-26-68-6/h10-20,45-47,55-57H,7-9,21-26H2,1-6H3,(H,58,59)(H,60,61)(H,62,63)(H,64,65). The van der Waals surface area contributed by atoms with Crippen LogP contribution < -0.4 is 32.2 Å². The highest BCUT2D eigenvalue weighted by Crippen LogP contribution is 2.63. The molecule has 24 nitrogen and oxygen atoms in total. The number of carboxylic acid groups (broad SMARTS) is 4. The maximum Gasteiger partial charge on any atom is 0.410 e. The molecule has 0 radical (unpaired) electrons. The summed E-state index contributed by atoms with van der Waals surface area (Å²) in [7, 11) is 3.88. The highest BCUT2D eigenvalue weighted by atomic mass is 16.5. The van der Waals surface area contributed by atoms with Crippen LogP contribution in [0.3, 0.4) is 0 Å². The first-order valence-corrected chi connectivity index (χ1v) is 21.1. The number of nitrogens with zero attached hydrogens (tertiary/aromatic N) is 4. The molecule has 10 N–H and O–H groups in total. The van der Waals surface area contributed by atoms with Crippen LogP contribution in [0, 0.1) is 0 Å². The van der Waals surface area contributed by atoms with Crippen LogP contribution in [0.15, 0.2) is 81.5 Å². The Balaban J connectivity index is 2.80. The molecule has 0 aliphatic carbocycles. The minimum Gasteiger partial charge on any atom is -0.503 e. The van der Waals surface area contributed by atoms with Gasteiger partial charge in [0.05, 0.1) is 31.2 Å². The average Bonchev–Trinajstić information content (AvgIpc) is 3.30. The molecule has 4 rings (SSSR count). The molecule has 0 bridgehead atoms. The SMILES string of the molecule is CCC(NC(=O)O)(c1c(O)c(=O)ccn1CCOC)N(C(=O)O)C(c1ccccc1)(C(CC)(NC(=O)O)c1c(O)c(=O)ccn1CCOC)C(CC)(NC(=O)O)c1c(O)c(=O)ccn1CCOC. The molecule has 4 amide bonds. The van der Waals surface area contributed by atoms with E-state index < -0.39 is 122 Å². The third-order valence-corrected chi connectivity index (χ3v) is 12.1. The van der Waals surface area contributed by atoms with Crippen LogP contribution in [0.4, 0.5) is 19.2 Å². The molecular weight excluding hydrogens is 899 g/mol. The normalized spacial score (nSPS) is 14.9. The molecule has 0 saturated carbocycles. The van der Waals surface area contributed by atoms with Crippen molar-refractivity contribution in [2.45, 2.75) is 81.9 Å². The molecule has 370 valence electrons. The fraction of sp³-hybridized carbons (Fsp3) is 0.432. The summed E-state index contributed by atoms with van der Waals surface area (Å²) in [6.07, 6.45) is -7.45. The molecule has 0 aliphatic rings. The van der Waals surface area contributed by atoms with Crippen LogP contribution in [0.25, 0.3) is 0 Å². The van der Waals surface area contributed by atoms with Gasteiger partial charge in [-0.05, 0) is 24.8 Å². The highest BCUT2D eigenvalue weighted by molar-refractivity contribution is 5.77. The molecule has 1 aromatic carbocycles. The van der Waals surface area contributed by atoms with Gasteiger partial charge in [0.25, 0.3) is 0 Å². The van der Waals surface area contributed by atoms with E-state index in [1.807, 2.05) is 0 Å². The summed E-state index contributed by atoms with van der Waals surface area (Å²) in [6, 6.07) is 9.20. The smallest absolute Gasteiger partial charge is 0.410 e. The molecule has 0 fully saturated rings. The Morgan fingerprint density at radius 3 is 1.21 bits per heavy atom. The van der Waals surface area contributed by atoms with Crippen LogP contribution in [0.5, 0.6) is 17.2 Å². The van der Waals surface area contributed by atoms with Crippen molar-refractivity contribution in [3.8, 4) is 17.2 Å². The fourth-order valence-electron chi connectivity index (χ4n) is 9.63. The Morgan fingerprint density at radius 2 is 0.897 bits per heavy atom. The summed E-state index contributed by atoms with van der Waals surface area (Å²) in [6.45, 7) is 2.10. The van der Waals surface area contributed by atoms with Gasteiger partial charge in [0.15, 0.2) is 22.9 Å². The number of hydrogen-bond donors (Lipinski definition) is 10. The van der Waals surface area contributed by atoms with Gasteiger partial charge in [-0.15, -0.1) is 0 Å². The van der Waals surface area contributed by atoms with Crippen LogP contribution in [-0.4, -0.2) is 120 Å². The first-order valence-electron chi connectivity index (χ1n) is 21.1. The largest absolute Gasteiger partial charge is 0.503 e. The van der Waals surface area contributed by atoms with Crippen molar-refractivity contribution in [2.24, 2.45) is 0 Å². The lowest BCUT2D eigenvalue weighted by Crippen LogP contribution is -2.83. The van der Waals surface area contributed by atoms with Gasteiger partial charge in [-0.3, -0.25) is 24.6 Å². The molecule has 4 aromatic rings. The van der Waals surface area contributed by atoms with Crippen LogP contribution >= 0.6 is 0 Å². The molecule has 0 aliphatic heterocycles. The van der Waals surface area contributed by atoms with Crippen molar-refractivity contribution in [1.29, 1.82) is 0 Å². The lowest BCUT2D eigenvalue weighted by atomic mass is 9.54. The van der Waals surface area contributed by atoms with Gasteiger partial charge in [-0.2, -0.15) is 0 Å². The van der Waals surface area contributed by atoms with E-state index in [4.69, 9.17) is 14.2 Å². The second-order valence-corrected chi connectivity index (χ2v) is 15.4. The number of ether oxygens (including phenoxy) is 3. The maximum absolute atomic E-state index is 15.4. The third kappa shape index (κ3) is 9.11. The molecule has 24 heteroatoms. The summed E-state index contributed by atoms with van der Waals surface area (Å²) < 4.78 is 19.3. The Kier molecular flexibility index (Phi) is 17.0. The molecule has 0 spiro atoms. The zero-order valence-electron chi connectivity index (χ0n) is 38.2. The van der Waals surface area contributed by atoms with E-state index in [2.05, 4.69) is 16.0 Å². The molecule has 3 heterocycles. The Labute approximate surface area is 388 Å². The number of rotatable bonds is 23. The molecule has 68 heavy (non-hydrogen) atoms. The van der Waals surface area contributed by atoms with Gasteiger partial charge in [0.2, 0.25) is 16.3 Å². The van der Waals surface area contributed by atoms with Gasteiger partial charge in [-0.1, -0.05) is 51.1 Å². The highest BCUT2D eigenvalue weighted by Gasteiger charge is 2.75. The zero-order chi connectivity index (χ0) is 50.8. The molecule has 0 saturated heterocycles. The van der Waals surface area contributed by atoms with Gasteiger partial charge in [0, 0.05) is 77.8 Å². The van der Waals surface area contributed by atoms with E-state index in [9.17, 15) is 64.5 Å². The monoisotopic (exact) mass is 955 g/mol. The number of aromatic nitrogens is 3. The lowest BCUT2D eigenvalue weighted by molar-refractivity contribution is -0.141. The van der Waals surface area contributed by atoms with E-state index in [1.165, 1.54) is 72.4 Å². The number of carbonyl (C=O) groups is 4. The fourth-order valence-corrected chi connectivity index (χ4v) is 9.63. The summed E-state index contributed by atoms with van der Waals surface area (Å²) in [4.78, 5) is 98.9. The van der Waals surface area contributed by atoms with Crippen molar-refractivity contribution < 1.29 is 69.1 Å². The third-order valence-electron chi connectivity index (χ3n) is 12.1. The molecule has 3 unspecified atom stereocenters. The van der Waals surface area contributed by atoms with E-state index in [0.29, 0.717) is 0 Å². The molecule has 3 aromatic heterocycles.